The lowest BCUT2D eigenvalue weighted by Crippen LogP contribution is -2.33. The van der Waals surface area contributed by atoms with E-state index in [0.29, 0.717) is 25.3 Å². The van der Waals surface area contributed by atoms with Gasteiger partial charge in [-0.3, -0.25) is 0 Å². The van der Waals surface area contributed by atoms with Crippen molar-refractivity contribution in [3.8, 4) is 0 Å². The zero-order valence-corrected chi connectivity index (χ0v) is 10.1. The molecule has 1 rings (SSSR count). The molecule has 17 heavy (non-hydrogen) atoms. The standard InChI is InChI=1S/C12H19BO4/c1-2-16-8-5-9-17-10-11-6-3-4-7-12(11)13(14)15/h3-4,6-7,14-15H,2,5,8-10H2,1H3. The minimum atomic E-state index is -1.45. The van der Waals surface area contributed by atoms with Crippen LogP contribution >= 0.6 is 0 Å². The molecule has 1 aromatic rings. The minimum absolute atomic E-state index is 0.389. The largest absolute Gasteiger partial charge is 0.488 e. The van der Waals surface area contributed by atoms with Gasteiger partial charge in [-0.25, -0.2) is 0 Å². The van der Waals surface area contributed by atoms with Crippen molar-refractivity contribution in [3.05, 3.63) is 29.8 Å². The molecule has 0 aromatic heterocycles. The summed E-state index contributed by atoms with van der Waals surface area (Å²) < 4.78 is 10.6. The maximum absolute atomic E-state index is 9.16. The third-order valence-corrected chi connectivity index (χ3v) is 2.37. The Hall–Kier alpha value is -0.875. The van der Waals surface area contributed by atoms with Crippen molar-refractivity contribution >= 4 is 12.6 Å². The first kappa shape index (κ1) is 14.2. The number of hydrogen-bond acceptors (Lipinski definition) is 4. The Kier molecular flexibility index (Phi) is 6.89. The molecule has 0 atom stereocenters. The molecule has 2 N–H and O–H groups in total. The number of benzene rings is 1. The van der Waals surface area contributed by atoms with Crippen LogP contribution in [0.3, 0.4) is 0 Å². The lowest BCUT2D eigenvalue weighted by molar-refractivity contribution is 0.0804. The second-order valence-electron chi connectivity index (χ2n) is 3.68. The molecule has 0 unspecified atom stereocenters. The maximum atomic E-state index is 9.16. The summed E-state index contributed by atoms with van der Waals surface area (Å²) in [6.07, 6.45) is 0.845. The van der Waals surface area contributed by atoms with Crippen LogP contribution in [-0.4, -0.2) is 37.0 Å². The first-order valence-corrected chi connectivity index (χ1v) is 5.85. The molecule has 0 fully saturated rings. The summed E-state index contributed by atoms with van der Waals surface area (Å²) in [4.78, 5) is 0. The van der Waals surface area contributed by atoms with Crippen molar-refractivity contribution in [2.24, 2.45) is 0 Å². The summed E-state index contributed by atoms with van der Waals surface area (Å²) >= 11 is 0. The van der Waals surface area contributed by atoms with Crippen LogP contribution in [-0.2, 0) is 16.1 Å². The molecule has 0 aliphatic heterocycles. The van der Waals surface area contributed by atoms with Gasteiger partial charge in [-0.05, 0) is 24.4 Å². The monoisotopic (exact) mass is 238 g/mol. The third-order valence-electron chi connectivity index (χ3n) is 2.37. The smallest absolute Gasteiger partial charge is 0.423 e. The van der Waals surface area contributed by atoms with Gasteiger partial charge in [0.2, 0.25) is 0 Å². The van der Waals surface area contributed by atoms with E-state index in [-0.39, 0.29) is 0 Å². The van der Waals surface area contributed by atoms with E-state index in [2.05, 4.69) is 0 Å². The predicted octanol–water partition coefficient (Wildman–Crippen LogP) is 0.310. The van der Waals surface area contributed by atoms with Gasteiger partial charge in [0, 0.05) is 19.8 Å². The molecule has 0 radical (unpaired) electrons. The van der Waals surface area contributed by atoms with Crippen molar-refractivity contribution in [3.63, 3.8) is 0 Å². The van der Waals surface area contributed by atoms with Crippen molar-refractivity contribution in [1.29, 1.82) is 0 Å². The fourth-order valence-electron chi connectivity index (χ4n) is 1.51. The maximum Gasteiger partial charge on any atom is 0.488 e. The highest BCUT2D eigenvalue weighted by molar-refractivity contribution is 6.59. The molecular formula is C12H19BO4. The van der Waals surface area contributed by atoms with Gasteiger partial charge in [0.15, 0.2) is 0 Å². The molecule has 0 spiro atoms. The van der Waals surface area contributed by atoms with Crippen LogP contribution in [0.1, 0.15) is 18.9 Å². The van der Waals surface area contributed by atoms with E-state index < -0.39 is 7.12 Å². The summed E-state index contributed by atoms with van der Waals surface area (Å²) in [7, 11) is -1.45. The molecule has 1 aromatic carbocycles. The molecule has 4 nitrogen and oxygen atoms in total. The molecule has 0 heterocycles. The van der Waals surface area contributed by atoms with Gasteiger partial charge in [-0.15, -0.1) is 0 Å². The summed E-state index contributed by atoms with van der Waals surface area (Å²) in [6.45, 7) is 4.37. The van der Waals surface area contributed by atoms with E-state index in [0.717, 1.165) is 18.6 Å². The second-order valence-corrected chi connectivity index (χ2v) is 3.68. The SMILES string of the molecule is CCOCCCOCc1ccccc1B(O)O. The van der Waals surface area contributed by atoms with Crippen LogP contribution in [0.25, 0.3) is 0 Å². The quantitative estimate of drug-likeness (QED) is 0.505. The Morgan fingerprint density at radius 3 is 2.53 bits per heavy atom. The van der Waals surface area contributed by atoms with E-state index in [1.165, 1.54) is 0 Å². The molecule has 0 aliphatic rings. The van der Waals surface area contributed by atoms with E-state index >= 15 is 0 Å². The van der Waals surface area contributed by atoms with E-state index in [1.54, 1.807) is 12.1 Å². The highest BCUT2D eigenvalue weighted by atomic mass is 16.5. The molecule has 0 aliphatic carbocycles. The minimum Gasteiger partial charge on any atom is -0.423 e. The lowest BCUT2D eigenvalue weighted by atomic mass is 9.77. The average molecular weight is 238 g/mol. The van der Waals surface area contributed by atoms with Crippen molar-refractivity contribution in [2.45, 2.75) is 20.0 Å². The highest BCUT2D eigenvalue weighted by Crippen LogP contribution is 2.00. The van der Waals surface area contributed by atoms with Gasteiger partial charge in [0.05, 0.1) is 6.61 Å². The summed E-state index contributed by atoms with van der Waals surface area (Å²) in [5, 5.41) is 18.3. The van der Waals surface area contributed by atoms with Crippen molar-refractivity contribution < 1.29 is 19.5 Å². The molecule has 94 valence electrons. The molecule has 0 amide bonds. The van der Waals surface area contributed by atoms with Gasteiger partial charge in [0.25, 0.3) is 0 Å². The predicted molar refractivity (Wildman–Crippen MR) is 67.0 cm³/mol. The van der Waals surface area contributed by atoms with Crippen LogP contribution < -0.4 is 5.46 Å². The molecule has 5 heteroatoms. The zero-order valence-electron chi connectivity index (χ0n) is 10.1. The van der Waals surface area contributed by atoms with Crippen LogP contribution in [0.5, 0.6) is 0 Å². The van der Waals surface area contributed by atoms with Crippen LogP contribution in [0.2, 0.25) is 0 Å². The van der Waals surface area contributed by atoms with E-state index in [9.17, 15) is 0 Å². The fourth-order valence-corrected chi connectivity index (χ4v) is 1.51. The fraction of sp³-hybridized carbons (Fsp3) is 0.500. The Morgan fingerprint density at radius 2 is 1.82 bits per heavy atom. The van der Waals surface area contributed by atoms with E-state index in [1.807, 2.05) is 19.1 Å². The first-order chi connectivity index (χ1) is 8.25. The zero-order chi connectivity index (χ0) is 12.5. The van der Waals surface area contributed by atoms with Gasteiger partial charge >= 0.3 is 7.12 Å². The Morgan fingerprint density at radius 1 is 1.12 bits per heavy atom. The Labute approximate surface area is 102 Å². The molecule has 0 bridgehead atoms. The van der Waals surface area contributed by atoms with Gasteiger partial charge in [-0.1, -0.05) is 24.3 Å². The average Bonchev–Trinajstić information content (AvgIpc) is 2.34. The number of ether oxygens (including phenoxy) is 2. The Balaban J connectivity index is 2.31. The van der Waals surface area contributed by atoms with Crippen molar-refractivity contribution in [1.82, 2.24) is 0 Å². The van der Waals surface area contributed by atoms with Gasteiger partial charge < -0.3 is 19.5 Å². The summed E-state index contributed by atoms with van der Waals surface area (Å²) in [5.41, 5.74) is 1.30. The topological polar surface area (TPSA) is 58.9 Å². The number of hydrogen-bond donors (Lipinski definition) is 2. The van der Waals surface area contributed by atoms with Crippen LogP contribution in [0.15, 0.2) is 24.3 Å². The molecule has 0 saturated carbocycles. The molecular weight excluding hydrogens is 219 g/mol. The summed E-state index contributed by atoms with van der Waals surface area (Å²) in [5.74, 6) is 0. The van der Waals surface area contributed by atoms with Crippen molar-refractivity contribution in [2.75, 3.05) is 19.8 Å². The third kappa shape index (κ3) is 5.32. The summed E-state index contributed by atoms with van der Waals surface area (Å²) in [6, 6.07) is 7.14. The number of rotatable bonds is 8. The van der Waals surface area contributed by atoms with Crippen LogP contribution in [0, 0.1) is 0 Å². The highest BCUT2D eigenvalue weighted by Gasteiger charge is 2.14. The first-order valence-electron chi connectivity index (χ1n) is 5.85. The van der Waals surface area contributed by atoms with E-state index in [4.69, 9.17) is 19.5 Å². The van der Waals surface area contributed by atoms with Crippen LogP contribution in [0.4, 0.5) is 0 Å². The van der Waals surface area contributed by atoms with Gasteiger partial charge in [0.1, 0.15) is 0 Å². The second kappa shape index (κ2) is 8.25. The Bertz CT molecular complexity index is 317. The normalized spacial score (nSPS) is 10.5. The van der Waals surface area contributed by atoms with Gasteiger partial charge in [-0.2, -0.15) is 0 Å². The lowest BCUT2D eigenvalue weighted by Gasteiger charge is -2.09. The molecule has 0 saturated heterocycles.